The molecule has 2 aromatic heterocycles. The molecule has 2 N–H and O–H groups in total. The number of amides is 1. The third kappa shape index (κ3) is 2.26. The van der Waals surface area contributed by atoms with E-state index in [9.17, 15) is 4.79 Å². The Morgan fingerprint density at radius 1 is 1.32 bits per heavy atom. The summed E-state index contributed by atoms with van der Waals surface area (Å²) < 4.78 is 1.29. The van der Waals surface area contributed by atoms with Crippen LogP contribution in [0.4, 0.5) is 5.00 Å². The summed E-state index contributed by atoms with van der Waals surface area (Å²) in [6, 6.07) is 8.48. The molecule has 0 spiro atoms. The highest BCUT2D eigenvalue weighted by atomic mass is 32.1. The smallest absolute Gasteiger partial charge is 0.221 e. The van der Waals surface area contributed by atoms with Crippen molar-refractivity contribution in [3.05, 3.63) is 40.1 Å². The lowest BCUT2D eigenvalue weighted by Crippen LogP contribution is -2.22. The van der Waals surface area contributed by atoms with E-state index in [1.807, 2.05) is 0 Å². The summed E-state index contributed by atoms with van der Waals surface area (Å²) in [5, 5.41) is 10.9. The van der Waals surface area contributed by atoms with Crippen LogP contribution in [0, 0.1) is 0 Å². The van der Waals surface area contributed by atoms with Crippen LogP contribution in [0.1, 0.15) is 17.4 Å². The zero-order valence-electron chi connectivity index (χ0n) is 12.2. The fourth-order valence-electron chi connectivity index (χ4n) is 3.04. The van der Waals surface area contributed by atoms with E-state index in [1.54, 1.807) is 29.6 Å². The van der Waals surface area contributed by atoms with Gasteiger partial charge in [0.1, 0.15) is 5.00 Å². The van der Waals surface area contributed by atoms with Gasteiger partial charge in [-0.1, -0.05) is 18.2 Å². The lowest BCUT2D eigenvalue weighted by molar-refractivity contribution is -0.114. The van der Waals surface area contributed by atoms with Gasteiger partial charge in [0.15, 0.2) is 0 Å². The minimum Gasteiger partial charge on any atom is -0.317 e. The monoisotopic (exact) mass is 328 g/mol. The van der Waals surface area contributed by atoms with Crippen LogP contribution in [0.25, 0.3) is 21.2 Å². The Morgan fingerprint density at radius 2 is 2.18 bits per heavy atom. The Balaban J connectivity index is 1.96. The summed E-state index contributed by atoms with van der Waals surface area (Å²) in [5.74, 6) is -0.00709. The first kappa shape index (κ1) is 13.9. The predicted octanol–water partition coefficient (Wildman–Crippen LogP) is 4.23. The number of fused-ring (bicyclic) bond motifs is 2. The topological polar surface area (TPSA) is 41.1 Å². The van der Waals surface area contributed by atoms with Crippen molar-refractivity contribution in [2.75, 3.05) is 11.9 Å². The maximum atomic E-state index is 11.6. The molecule has 4 rings (SSSR count). The van der Waals surface area contributed by atoms with Crippen LogP contribution >= 0.6 is 22.7 Å². The molecule has 0 saturated heterocycles. The Morgan fingerprint density at radius 3 is 3.05 bits per heavy atom. The number of rotatable bonds is 2. The molecule has 1 amide bonds. The summed E-state index contributed by atoms with van der Waals surface area (Å²) in [6.07, 6.45) is 1.02. The van der Waals surface area contributed by atoms with Gasteiger partial charge >= 0.3 is 0 Å². The van der Waals surface area contributed by atoms with Gasteiger partial charge in [0.2, 0.25) is 5.91 Å². The quantitative estimate of drug-likeness (QED) is 0.739. The second-order valence-corrected chi connectivity index (χ2v) is 7.48. The number of carbonyl (C=O) groups is 1. The van der Waals surface area contributed by atoms with Gasteiger partial charge in [-0.05, 0) is 30.0 Å². The maximum absolute atomic E-state index is 11.6. The lowest BCUT2D eigenvalue weighted by Gasteiger charge is -2.14. The number of anilines is 1. The molecule has 3 aromatic rings. The van der Waals surface area contributed by atoms with Gasteiger partial charge in [0.05, 0.1) is 0 Å². The van der Waals surface area contributed by atoms with Gasteiger partial charge in [0.25, 0.3) is 0 Å². The number of thiophene rings is 2. The molecule has 3 heterocycles. The highest BCUT2D eigenvalue weighted by molar-refractivity contribution is 7.18. The molecule has 112 valence electrons. The summed E-state index contributed by atoms with van der Waals surface area (Å²) in [7, 11) is 0. The molecule has 0 unspecified atom stereocenters. The highest BCUT2D eigenvalue weighted by Gasteiger charge is 2.23. The number of nitrogens with one attached hydrogen (secondary N) is 2. The lowest BCUT2D eigenvalue weighted by atomic mass is 9.97. The van der Waals surface area contributed by atoms with Crippen molar-refractivity contribution in [2.45, 2.75) is 19.9 Å². The molecular weight excluding hydrogens is 312 g/mol. The first-order valence-electron chi connectivity index (χ1n) is 7.33. The van der Waals surface area contributed by atoms with E-state index in [-0.39, 0.29) is 5.91 Å². The minimum absolute atomic E-state index is 0.00709. The predicted molar refractivity (Wildman–Crippen MR) is 94.9 cm³/mol. The summed E-state index contributed by atoms with van der Waals surface area (Å²) >= 11 is 3.47. The van der Waals surface area contributed by atoms with Crippen LogP contribution in [0.5, 0.6) is 0 Å². The van der Waals surface area contributed by atoms with Crippen molar-refractivity contribution in [1.82, 2.24) is 5.32 Å². The van der Waals surface area contributed by atoms with Crippen molar-refractivity contribution in [3.8, 4) is 11.1 Å². The molecule has 0 fully saturated rings. The Hall–Kier alpha value is -1.69. The first-order valence-corrected chi connectivity index (χ1v) is 9.03. The third-order valence-corrected chi connectivity index (χ3v) is 6.08. The Labute approximate surface area is 137 Å². The van der Waals surface area contributed by atoms with Crippen molar-refractivity contribution in [1.29, 1.82) is 0 Å². The van der Waals surface area contributed by atoms with Crippen LogP contribution in [-0.4, -0.2) is 12.5 Å². The fourth-order valence-corrected chi connectivity index (χ4v) is 5.27. The van der Waals surface area contributed by atoms with Gasteiger partial charge in [-0.2, -0.15) is 0 Å². The van der Waals surface area contributed by atoms with Gasteiger partial charge in [-0.25, -0.2) is 0 Å². The van der Waals surface area contributed by atoms with Crippen molar-refractivity contribution in [2.24, 2.45) is 0 Å². The second kappa shape index (κ2) is 5.50. The Bertz CT molecular complexity index is 863. The van der Waals surface area contributed by atoms with Crippen LogP contribution < -0.4 is 10.6 Å². The zero-order chi connectivity index (χ0) is 15.1. The van der Waals surface area contributed by atoms with Gasteiger partial charge < -0.3 is 10.6 Å². The average molecular weight is 328 g/mol. The van der Waals surface area contributed by atoms with E-state index in [2.05, 4.69) is 40.3 Å². The molecule has 0 atom stereocenters. The van der Waals surface area contributed by atoms with E-state index in [0.717, 1.165) is 24.5 Å². The molecule has 1 aliphatic heterocycles. The number of hydrogen-bond donors (Lipinski definition) is 2. The number of hydrogen-bond acceptors (Lipinski definition) is 4. The third-order valence-electron chi connectivity index (χ3n) is 3.97. The molecule has 3 nitrogen and oxygen atoms in total. The largest absolute Gasteiger partial charge is 0.317 e. The van der Waals surface area contributed by atoms with E-state index in [1.165, 1.54) is 31.7 Å². The summed E-state index contributed by atoms with van der Waals surface area (Å²) in [4.78, 5) is 12.9. The van der Waals surface area contributed by atoms with Crippen LogP contribution in [0.3, 0.4) is 0 Å². The van der Waals surface area contributed by atoms with Crippen LogP contribution in [0.15, 0.2) is 29.6 Å². The number of carbonyl (C=O) groups excluding carboxylic acids is 1. The van der Waals surface area contributed by atoms with E-state index in [4.69, 9.17) is 0 Å². The molecular formula is C17H16N2OS2. The van der Waals surface area contributed by atoms with E-state index < -0.39 is 0 Å². The van der Waals surface area contributed by atoms with Crippen LogP contribution in [-0.2, 0) is 17.8 Å². The molecule has 22 heavy (non-hydrogen) atoms. The van der Waals surface area contributed by atoms with Crippen molar-refractivity contribution in [3.63, 3.8) is 0 Å². The van der Waals surface area contributed by atoms with Gasteiger partial charge in [-0.15, -0.1) is 22.7 Å². The molecule has 1 aromatic carbocycles. The second-order valence-electron chi connectivity index (χ2n) is 5.46. The minimum atomic E-state index is -0.00709. The SMILES string of the molecule is CC(=O)Nc1sc2c(c1-c1csc3ccccc13)CCNC2. The van der Waals surface area contributed by atoms with Crippen LogP contribution in [0.2, 0.25) is 0 Å². The molecule has 0 aliphatic carbocycles. The summed E-state index contributed by atoms with van der Waals surface area (Å²) in [5.41, 5.74) is 3.88. The molecule has 0 saturated carbocycles. The highest BCUT2D eigenvalue weighted by Crippen LogP contribution is 2.46. The molecule has 0 bridgehead atoms. The van der Waals surface area contributed by atoms with Gasteiger partial charge in [0, 0.05) is 39.6 Å². The standard InChI is InChI=1S/C17H16N2OS2/c1-10(20)19-17-16(12-6-7-18-8-15(12)22-17)13-9-21-14-5-3-2-4-11(13)14/h2-5,9,18H,6-8H2,1H3,(H,19,20). The van der Waals surface area contributed by atoms with E-state index in [0.29, 0.717) is 0 Å². The van der Waals surface area contributed by atoms with Crippen molar-refractivity contribution < 1.29 is 4.79 Å². The first-order chi connectivity index (χ1) is 10.7. The number of benzene rings is 1. The van der Waals surface area contributed by atoms with E-state index >= 15 is 0 Å². The van der Waals surface area contributed by atoms with Gasteiger partial charge in [-0.3, -0.25) is 4.79 Å². The fraction of sp³-hybridized carbons (Fsp3) is 0.235. The molecule has 1 aliphatic rings. The molecule has 0 radical (unpaired) electrons. The molecule has 5 heteroatoms. The Kier molecular flexibility index (Phi) is 3.48. The van der Waals surface area contributed by atoms with Crippen molar-refractivity contribution >= 4 is 43.7 Å². The average Bonchev–Trinajstić information content (AvgIpc) is 3.07. The zero-order valence-corrected chi connectivity index (χ0v) is 13.9. The summed E-state index contributed by atoms with van der Waals surface area (Å²) in [6.45, 7) is 3.47. The normalized spacial score (nSPS) is 14.0. The maximum Gasteiger partial charge on any atom is 0.221 e.